The number of nitrogens with one attached hydrogen (secondary N) is 1. The van der Waals surface area contributed by atoms with Gasteiger partial charge in [0.25, 0.3) is 0 Å². The summed E-state index contributed by atoms with van der Waals surface area (Å²) in [5.74, 6) is 2.21. The number of aromatic nitrogens is 5. The number of methoxy groups -OCH3 is 1. The first kappa shape index (κ1) is 23.2. The summed E-state index contributed by atoms with van der Waals surface area (Å²) in [6.45, 7) is 3.72. The Labute approximate surface area is 215 Å². The van der Waals surface area contributed by atoms with Crippen molar-refractivity contribution in [2.75, 3.05) is 19.0 Å². The van der Waals surface area contributed by atoms with Crippen LogP contribution in [-0.2, 0) is 13.0 Å². The van der Waals surface area contributed by atoms with E-state index in [2.05, 4.69) is 50.8 Å². The lowest BCUT2D eigenvalue weighted by Gasteiger charge is -2.19. The highest BCUT2D eigenvalue weighted by Crippen LogP contribution is 2.40. The molecule has 2 aromatic carbocycles. The van der Waals surface area contributed by atoms with Gasteiger partial charge in [-0.05, 0) is 67.4 Å². The summed E-state index contributed by atoms with van der Waals surface area (Å²) in [6, 6.07) is 17.0. The molecule has 0 saturated heterocycles. The van der Waals surface area contributed by atoms with Gasteiger partial charge in [-0.1, -0.05) is 6.92 Å². The lowest BCUT2D eigenvalue weighted by atomic mass is 10.1. The van der Waals surface area contributed by atoms with Crippen molar-refractivity contribution in [2.45, 2.75) is 38.8 Å². The molecule has 0 aliphatic carbocycles. The predicted octanol–water partition coefficient (Wildman–Crippen LogP) is 6.12. The van der Waals surface area contributed by atoms with Crippen LogP contribution in [0.25, 0.3) is 33.5 Å². The molecule has 0 amide bonds. The molecule has 1 atom stereocenters. The van der Waals surface area contributed by atoms with Gasteiger partial charge in [-0.2, -0.15) is 0 Å². The summed E-state index contributed by atoms with van der Waals surface area (Å²) < 4.78 is 23.8. The average molecular weight is 497 g/mol. The Bertz CT molecular complexity index is 1550. The van der Waals surface area contributed by atoms with E-state index in [0.717, 1.165) is 72.0 Å². The van der Waals surface area contributed by atoms with E-state index in [0.29, 0.717) is 5.95 Å². The average Bonchev–Trinajstić information content (AvgIpc) is 3.62. The number of nitrogens with zero attached hydrogens (tertiary/aromatic N) is 5. The third-order valence-corrected chi connectivity index (χ3v) is 6.99. The molecular formula is C29H29FN6O. The highest BCUT2D eigenvalue weighted by Gasteiger charge is 2.31. The summed E-state index contributed by atoms with van der Waals surface area (Å²) in [4.78, 5) is 14.3. The highest BCUT2D eigenvalue weighted by molar-refractivity contribution is 5.82. The number of fused-ring (bicyclic) bond motifs is 2. The van der Waals surface area contributed by atoms with Crippen LogP contribution in [-0.4, -0.2) is 37.7 Å². The van der Waals surface area contributed by atoms with Crippen LogP contribution in [0, 0.1) is 5.82 Å². The second kappa shape index (κ2) is 9.69. The zero-order chi connectivity index (χ0) is 25.4. The smallest absolute Gasteiger partial charge is 0.223 e. The van der Waals surface area contributed by atoms with Crippen LogP contribution in [0.2, 0.25) is 0 Å². The molecule has 0 bridgehead atoms. The number of halogens is 1. The van der Waals surface area contributed by atoms with Crippen LogP contribution < -0.4 is 10.1 Å². The maximum atomic E-state index is 13.7. The van der Waals surface area contributed by atoms with Crippen LogP contribution in [0.4, 0.5) is 10.3 Å². The SMILES string of the molecule is CCCNc1nccc(-c2c(-c3ccc(F)cc3)nc3n2C(Cn2ccc4cc(OC)ccc42)CC3)n1. The van der Waals surface area contributed by atoms with Gasteiger partial charge in [0.2, 0.25) is 5.95 Å². The maximum Gasteiger partial charge on any atom is 0.223 e. The van der Waals surface area contributed by atoms with E-state index in [-0.39, 0.29) is 11.9 Å². The summed E-state index contributed by atoms with van der Waals surface area (Å²) >= 11 is 0. The third-order valence-electron chi connectivity index (χ3n) is 6.99. The molecule has 37 heavy (non-hydrogen) atoms. The second-order valence-electron chi connectivity index (χ2n) is 9.38. The van der Waals surface area contributed by atoms with Crippen LogP contribution in [0.5, 0.6) is 5.75 Å². The molecule has 1 N–H and O–H groups in total. The fourth-order valence-corrected chi connectivity index (χ4v) is 5.20. The number of hydrogen-bond donors (Lipinski definition) is 1. The largest absolute Gasteiger partial charge is 0.497 e. The van der Waals surface area contributed by atoms with E-state index < -0.39 is 0 Å². The molecule has 188 valence electrons. The van der Waals surface area contributed by atoms with Crippen LogP contribution in [0.1, 0.15) is 31.6 Å². The molecule has 6 rings (SSSR count). The van der Waals surface area contributed by atoms with E-state index in [4.69, 9.17) is 14.7 Å². The normalized spacial score (nSPS) is 14.7. The monoisotopic (exact) mass is 496 g/mol. The van der Waals surface area contributed by atoms with Crippen molar-refractivity contribution in [3.05, 3.63) is 78.6 Å². The molecule has 5 aromatic rings. The van der Waals surface area contributed by atoms with Gasteiger partial charge in [-0.15, -0.1) is 0 Å². The van der Waals surface area contributed by atoms with Crippen molar-refractivity contribution in [1.82, 2.24) is 24.1 Å². The van der Waals surface area contributed by atoms with Crippen molar-refractivity contribution >= 4 is 16.9 Å². The summed E-state index contributed by atoms with van der Waals surface area (Å²) in [6.07, 6.45) is 6.76. The molecule has 0 spiro atoms. The molecule has 1 aliphatic rings. The molecule has 0 saturated carbocycles. The van der Waals surface area contributed by atoms with Gasteiger partial charge < -0.3 is 19.2 Å². The summed E-state index contributed by atoms with van der Waals surface area (Å²) in [5.41, 5.74) is 4.62. The van der Waals surface area contributed by atoms with Crippen LogP contribution in [0.15, 0.2) is 67.0 Å². The zero-order valence-corrected chi connectivity index (χ0v) is 21.0. The lowest BCUT2D eigenvalue weighted by molar-refractivity contribution is 0.415. The standard InChI is InChI=1S/C29H29FN6O/c1-3-14-31-29-32-15-12-24(33-29)28-27(19-4-6-21(30)7-5-19)34-26-11-8-22(36(26)28)18-35-16-13-20-17-23(37-2)9-10-25(20)35/h4-7,9-10,12-13,15-17,22H,3,8,11,14,18H2,1-2H3,(H,31,32,33). The Kier molecular flexibility index (Phi) is 6.08. The van der Waals surface area contributed by atoms with E-state index in [1.807, 2.05) is 12.1 Å². The van der Waals surface area contributed by atoms with Gasteiger partial charge in [0.05, 0.1) is 30.2 Å². The van der Waals surface area contributed by atoms with Crippen molar-refractivity contribution in [3.8, 4) is 28.4 Å². The Morgan fingerprint density at radius 3 is 2.76 bits per heavy atom. The van der Waals surface area contributed by atoms with Crippen LogP contribution in [0.3, 0.4) is 0 Å². The molecule has 4 heterocycles. The van der Waals surface area contributed by atoms with Crippen molar-refractivity contribution < 1.29 is 9.13 Å². The van der Waals surface area contributed by atoms with Crippen molar-refractivity contribution in [3.63, 3.8) is 0 Å². The van der Waals surface area contributed by atoms with Gasteiger partial charge in [0.15, 0.2) is 0 Å². The first-order valence-corrected chi connectivity index (χ1v) is 12.7. The van der Waals surface area contributed by atoms with Gasteiger partial charge in [0.1, 0.15) is 17.4 Å². The Morgan fingerprint density at radius 2 is 1.95 bits per heavy atom. The molecular weight excluding hydrogens is 467 g/mol. The minimum absolute atomic E-state index is 0.200. The number of aryl methyl sites for hydroxylation is 1. The first-order valence-electron chi connectivity index (χ1n) is 12.7. The molecule has 8 heteroatoms. The number of anilines is 1. The van der Waals surface area contributed by atoms with Gasteiger partial charge in [-0.3, -0.25) is 0 Å². The Balaban J connectivity index is 1.44. The molecule has 1 unspecified atom stereocenters. The Morgan fingerprint density at radius 1 is 1.08 bits per heavy atom. The zero-order valence-electron chi connectivity index (χ0n) is 21.0. The summed E-state index contributed by atoms with van der Waals surface area (Å²) in [7, 11) is 1.69. The highest BCUT2D eigenvalue weighted by atomic mass is 19.1. The number of ether oxygens (including phenoxy) is 1. The fraction of sp³-hybridized carbons (Fsp3) is 0.276. The fourth-order valence-electron chi connectivity index (χ4n) is 5.20. The minimum Gasteiger partial charge on any atom is -0.497 e. The van der Waals surface area contributed by atoms with Crippen molar-refractivity contribution in [2.24, 2.45) is 0 Å². The van der Waals surface area contributed by atoms with Gasteiger partial charge in [-0.25, -0.2) is 19.3 Å². The molecule has 1 aliphatic heterocycles. The maximum absolute atomic E-state index is 13.7. The van der Waals surface area contributed by atoms with Gasteiger partial charge in [0, 0.05) is 48.4 Å². The van der Waals surface area contributed by atoms with E-state index in [9.17, 15) is 4.39 Å². The number of imidazole rings is 1. The van der Waals surface area contributed by atoms with E-state index >= 15 is 0 Å². The summed E-state index contributed by atoms with van der Waals surface area (Å²) in [5, 5.41) is 4.44. The predicted molar refractivity (Wildman–Crippen MR) is 143 cm³/mol. The molecule has 0 fully saturated rings. The number of benzene rings is 2. The quantitative estimate of drug-likeness (QED) is 0.280. The van der Waals surface area contributed by atoms with Crippen LogP contribution >= 0.6 is 0 Å². The second-order valence-corrected chi connectivity index (χ2v) is 9.38. The topological polar surface area (TPSA) is 69.8 Å². The lowest BCUT2D eigenvalue weighted by Crippen LogP contribution is -2.14. The van der Waals surface area contributed by atoms with Crippen molar-refractivity contribution in [1.29, 1.82) is 0 Å². The number of hydrogen-bond acceptors (Lipinski definition) is 5. The molecule has 0 radical (unpaired) electrons. The van der Waals surface area contributed by atoms with E-state index in [1.165, 1.54) is 17.6 Å². The minimum atomic E-state index is -0.265. The first-order chi connectivity index (χ1) is 18.1. The number of rotatable bonds is 8. The molecule has 7 nitrogen and oxygen atoms in total. The Hall–Kier alpha value is -4.20. The van der Waals surface area contributed by atoms with Gasteiger partial charge >= 0.3 is 0 Å². The van der Waals surface area contributed by atoms with E-state index in [1.54, 1.807) is 25.4 Å². The molecule has 3 aromatic heterocycles. The third kappa shape index (κ3) is 4.33.